The molecule has 0 amide bonds. The molecule has 1 fully saturated rings. The molecule has 2 N–H and O–H groups in total. The summed E-state index contributed by atoms with van der Waals surface area (Å²) in [6.07, 6.45) is 1.30. The van der Waals surface area contributed by atoms with E-state index >= 15 is 0 Å². The number of anilines is 1. The third-order valence-electron chi connectivity index (χ3n) is 4.20. The maximum atomic E-state index is 5.96. The van der Waals surface area contributed by atoms with Gasteiger partial charge in [-0.1, -0.05) is 26.8 Å². The van der Waals surface area contributed by atoms with Crippen molar-refractivity contribution in [1.82, 2.24) is 4.90 Å². The van der Waals surface area contributed by atoms with Crippen molar-refractivity contribution in [2.24, 2.45) is 11.3 Å². The summed E-state index contributed by atoms with van der Waals surface area (Å²) in [4.78, 5) is 2.52. The van der Waals surface area contributed by atoms with E-state index in [-0.39, 0.29) is 0 Å². The number of hydrogen-bond donors (Lipinski definition) is 1. The molecule has 1 saturated heterocycles. The first-order valence-corrected chi connectivity index (χ1v) is 7.05. The van der Waals surface area contributed by atoms with E-state index in [2.05, 4.69) is 31.7 Å². The molecule has 1 heterocycles. The van der Waals surface area contributed by atoms with E-state index in [1.807, 2.05) is 12.1 Å². The molecule has 3 heteroatoms. The van der Waals surface area contributed by atoms with Crippen LogP contribution in [-0.4, -0.2) is 25.1 Å². The van der Waals surface area contributed by atoms with Gasteiger partial charge in [-0.25, -0.2) is 0 Å². The first-order chi connectivity index (χ1) is 8.90. The van der Waals surface area contributed by atoms with E-state index in [0.717, 1.165) is 23.9 Å². The van der Waals surface area contributed by atoms with Crippen LogP contribution in [0.3, 0.4) is 0 Å². The van der Waals surface area contributed by atoms with Gasteiger partial charge in [0, 0.05) is 13.1 Å². The SMILES string of the molecule is COc1ccc(CN2CCC(C(C)(C)C)C2)cc1N. The van der Waals surface area contributed by atoms with Gasteiger partial charge in [-0.05, 0) is 42.0 Å². The normalized spacial score (nSPS) is 20.7. The van der Waals surface area contributed by atoms with E-state index in [4.69, 9.17) is 10.5 Å². The van der Waals surface area contributed by atoms with Gasteiger partial charge in [0.1, 0.15) is 5.75 Å². The van der Waals surface area contributed by atoms with Crippen molar-refractivity contribution in [3.8, 4) is 5.75 Å². The smallest absolute Gasteiger partial charge is 0.141 e. The summed E-state index contributed by atoms with van der Waals surface area (Å²) in [5, 5.41) is 0. The molecular weight excluding hydrogens is 236 g/mol. The number of rotatable bonds is 3. The van der Waals surface area contributed by atoms with E-state index in [0.29, 0.717) is 5.41 Å². The third kappa shape index (κ3) is 3.41. The summed E-state index contributed by atoms with van der Waals surface area (Å²) in [5.74, 6) is 1.56. The van der Waals surface area contributed by atoms with Crippen molar-refractivity contribution in [2.45, 2.75) is 33.7 Å². The fourth-order valence-corrected chi connectivity index (χ4v) is 2.82. The minimum atomic E-state index is 0.410. The predicted molar refractivity (Wildman–Crippen MR) is 80.2 cm³/mol. The summed E-state index contributed by atoms with van der Waals surface area (Å²) >= 11 is 0. The van der Waals surface area contributed by atoms with Crippen molar-refractivity contribution in [3.05, 3.63) is 23.8 Å². The van der Waals surface area contributed by atoms with Crippen LogP contribution in [0.2, 0.25) is 0 Å². The number of likely N-dealkylation sites (tertiary alicyclic amines) is 1. The number of nitrogens with zero attached hydrogens (tertiary/aromatic N) is 1. The second kappa shape index (κ2) is 5.41. The van der Waals surface area contributed by atoms with E-state index < -0.39 is 0 Å². The highest BCUT2D eigenvalue weighted by Gasteiger charge is 2.31. The van der Waals surface area contributed by atoms with Crippen LogP contribution in [-0.2, 0) is 6.54 Å². The van der Waals surface area contributed by atoms with E-state index in [1.54, 1.807) is 7.11 Å². The predicted octanol–water partition coefficient (Wildman–Crippen LogP) is 3.15. The molecule has 1 aromatic rings. The van der Waals surface area contributed by atoms with Crippen molar-refractivity contribution in [3.63, 3.8) is 0 Å². The second-order valence-corrected chi connectivity index (χ2v) is 6.66. The molecule has 1 aromatic carbocycles. The van der Waals surface area contributed by atoms with Crippen LogP contribution in [0, 0.1) is 11.3 Å². The molecule has 3 nitrogen and oxygen atoms in total. The lowest BCUT2D eigenvalue weighted by Gasteiger charge is -2.27. The average molecular weight is 262 g/mol. The van der Waals surface area contributed by atoms with Crippen LogP contribution in [0.5, 0.6) is 5.75 Å². The van der Waals surface area contributed by atoms with Crippen molar-refractivity contribution in [1.29, 1.82) is 0 Å². The molecular formula is C16H26N2O. The minimum Gasteiger partial charge on any atom is -0.495 e. The Morgan fingerprint density at radius 1 is 1.37 bits per heavy atom. The van der Waals surface area contributed by atoms with Crippen LogP contribution in [0.25, 0.3) is 0 Å². The number of ether oxygens (including phenoxy) is 1. The average Bonchev–Trinajstić information content (AvgIpc) is 2.77. The Kier molecular flexibility index (Phi) is 4.04. The maximum absolute atomic E-state index is 5.96. The van der Waals surface area contributed by atoms with Crippen molar-refractivity contribution in [2.75, 3.05) is 25.9 Å². The molecule has 0 spiro atoms. The molecule has 1 aliphatic heterocycles. The van der Waals surface area contributed by atoms with Gasteiger partial charge in [0.15, 0.2) is 0 Å². The van der Waals surface area contributed by atoms with Gasteiger partial charge in [0.2, 0.25) is 0 Å². The highest BCUT2D eigenvalue weighted by Crippen LogP contribution is 2.34. The Bertz CT molecular complexity index is 437. The highest BCUT2D eigenvalue weighted by molar-refractivity contribution is 5.54. The lowest BCUT2D eigenvalue weighted by Crippen LogP contribution is -2.25. The van der Waals surface area contributed by atoms with Gasteiger partial charge in [-0.2, -0.15) is 0 Å². The number of nitrogen functional groups attached to an aromatic ring is 1. The Balaban J connectivity index is 1.98. The summed E-state index contributed by atoms with van der Waals surface area (Å²) in [5.41, 5.74) is 8.37. The monoisotopic (exact) mass is 262 g/mol. The summed E-state index contributed by atoms with van der Waals surface area (Å²) in [6, 6.07) is 6.10. The van der Waals surface area contributed by atoms with Gasteiger partial charge in [0.05, 0.1) is 12.8 Å². The van der Waals surface area contributed by atoms with Gasteiger partial charge >= 0.3 is 0 Å². The Hall–Kier alpha value is -1.22. The maximum Gasteiger partial charge on any atom is 0.141 e. The molecule has 19 heavy (non-hydrogen) atoms. The number of nitrogens with two attached hydrogens (primary N) is 1. The van der Waals surface area contributed by atoms with Gasteiger partial charge in [0.25, 0.3) is 0 Å². The van der Waals surface area contributed by atoms with E-state index in [1.165, 1.54) is 25.1 Å². The third-order valence-corrected chi connectivity index (χ3v) is 4.20. The highest BCUT2D eigenvalue weighted by atomic mass is 16.5. The molecule has 0 bridgehead atoms. The standard InChI is InChI=1S/C16H26N2O/c1-16(2,3)13-7-8-18(11-13)10-12-5-6-15(19-4)14(17)9-12/h5-6,9,13H,7-8,10-11,17H2,1-4H3. The Morgan fingerprint density at radius 3 is 2.63 bits per heavy atom. The van der Waals surface area contributed by atoms with Gasteiger partial charge in [-0.3, -0.25) is 4.90 Å². The molecule has 0 aromatic heterocycles. The summed E-state index contributed by atoms with van der Waals surface area (Å²) in [6.45, 7) is 10.4. The molecule has 1 atom stereocenters. The Morgan fingerprint density at radius 2 is 2.11 bits per heavy atom. The largest absolute Gasteiger partial charge is 0.495 e. The first kappa shape index (κ1) is 14.2. The second-order valence-electron chi connectivity index (χ2n) is 6.66. The first-order valence-electron chi connectivity index (χ1n) is 7.05. The number of benzene rings is 1. The summed E-state index contributed by atoms with van der Waals surface area (Å²) in [7, 11) is 1.65. The molecule has 106 valence electrons. The number of hydrogen-bond acceptors (Lipinski definition) is 3. The van der Waals surface area contributed by atoms with Crippen LogP contribution in [0.1, 0.15) is 32.8 Å². The quantitative estimate of drug-likeness (QED) is 0.850. The van der Waals surface area contributed by atoms with Crippen molar-refractivity contribution >= 4 is 5.69 Å². The van der Waals surface area contributed by atoms with Crippen LogP contribution < -0.4 is 10.5 Å². The van der Waals surface area contributed by atoms with Crippen molar-refractivity contribution < 1.29 is 4.74 Å². The molecule has 0 saturated carbocycles. The zero-order valence-electron chi connectivity index (χ0n) is 12.6. The molecule has 1 unspecified atom stereocenters. The topological polar surface area (TPSA) is 38.5 Å². The van der Waals surface area contributed by atoms with Crippen LogP contribution in [0.15, 0.2) is 18.2 Å². The fourth-order valence-electron chi connectivity index (χ4n) is 2.82. The lowest BCUT2D eigenvalue weighted by atomic mass is 9.80. The number of methoxy groups -OCH3 is 1. The molecule has 1 aliphatic rings. The zero-order valence-corrected chi connectivity index (χ0v) is 12.6. The summed E-state index contributed by atoms with van der Waals surface area (Å²) < 4.78 is 5.19. The fraction of sp³-hybridized carbons (Fsp3) is 0.625. The van der Waals surface area contributed by atoms with Crippen LogP contribution >= 0.6 is 0 Å². The van der Waals surface area contributed by atoms with Gasteiger partial charge in [-0.15, -0.1) is 0 Å². The Labute approximate surface area is 116 Å². The minimum absolute atomic E-state index is 0.410. The lowest BCUT2D eigenvalue weighted by molar-refractivity contribution is 0.226. The zero-order chi connectivity index (χ0) is 14.0. The van der Waals surface area contributed by atoms with Gasteiger partial charge < -0.3 is 10.5 Å². The van der Waals surface area contributed by atoms with Crippen LogP contribution in [0.4, 0.5) is 5.69 Å². The molecule has 2 rings (SSSR count). The molecule has 0 aliphatic carbocycles. The molecule has 0 radical (unpaired) electrons. The van der Waals surface area contributed by atoms with E-state index in [9.17, 15) is 0 Å².